The van der Waals surface area contributed by atoms with Gasteiger partial charge < -0.3 is 9.64 Å². The summed E-state index contributed by atoms with van der Waals surface area (Å²) in [6, 6.07) is 20.9. The number of hydrogen-bond acceptors (Lipinski definition) is 3. The monoisotopic (exact) mass is 330 g/mol. The molecule has 0 aliphatic carbocycles. The largest absolute Gasteiger partial charge is 0.457 e. The molecule has 1 aromatic heterocycles. The van der Waals surface area contributed by atoms with E-state index in [4.69, 9.17) is 4.74 Å². The van der Waals surface area contributed by atoms with Crippen molar-refractivity contribution in [1.82, 2.24) is 9.88 Å². The van der Waals surface area contributed by atoms with Gasteiger partial charge in [0, 0.05) is 31.4 Å². The predicted molar refractivity (Wildman–Crippen MR) is 95.8 cm³/mol. The predicted octanol–water partition coefficient (Wildman–Crippen LogP) is 4.11. The van der Waals surface area contributed by atoms with Crippen LogP contribution in [0, 0.1) is 0 Å². The molecule has 1 amide bonds. The van der Waals surface area contributed by atoms with Gasteiger partial charge in [-0.25, -0.2) is 0 Å². The molecule has 0 bridgehead atoms. The first-order valence-corrected chi connectivity index (χ1v) is 8.32. The van der Waals surface area contributed by atoms with Gasteiger partial charge in [0.15, 0.2) is 0 Å². The number of carbonyl (C=O) groups excluding carboxylic acids is 1. The van der Waals surface area contributed by atoms with E-state index in [1.165, 1.54) is 5.56 Å². The molecule has 4 rings (SSSR count). The Labute approximate surface area is 146 Å². The Morgan fingerprint density at radius 2 is 1.72 bits per heavy atom. The number of para-hydroxylation sites is 2. The van der Waals surface area contributed by atoms with Crippen LogP contribution in [0.25, 0.3) is 0 Å². The number of pyridine rings is 1. The Morgan fingerprint density at radius 3 is 2.48 bits per heavy atom. The van der Waals surface area contributed by atoms with Gasteiger partial charge in [0.2, 0.25) is 0 Å². The van der Waals surface area contributed by atoms with Crippen molar-refractivity contribution in [3.05, 3.63) is 90.3 Å². The molecular weight excluding hydrogens is 312 g/mol. The molecule has 0 unspecified atom stereocenters. The van der Waals surface area contributed by atoms with Crippen molar-refractivity contribution in [1.29, 1.82) is 0 Å². The molecule has 0 atom stereocenters. The molecule has 2 heterocycles. The number of likely N-dealkylation sites (tertiary alicyclic amines) is 1. The van der Waals surface area contributed by atoms with Crippen LogP contribution in [0.5, 0.6) is 11.5 Å². The molecule has 3 aromatic rings. The first kappa shape index (κ1) is 15.4. The lowest BCUT2D eigenvalue weighted by atomic mass is 9.92. The minimum absolute atomic E-state index is 0.00618. The van der Waals surface area contributed by atoms with Crippen LogP contribution in [0.4, 0.5) is 0 Å². The summed E-state index contributed by atoms with van der Waals surface area (Å²) in [6.07, 6.45) is 3.64. The summed E-state index contributed by atoms with van der Waals surface area (Å²) in [5, 5.41) is 0. The highest BCUT2D eigenvalue weighted by molar-refractivity contribution is 5.97. The van der Waals surface area contributed by atoms with Gasteiger partial charge >= 0.3 is 0 Å². The molecule has 1 aliphatic heterocycles. The maximum absolute atomic E-state index is 12.8. The molecule has 4 nitrogen and oxygen atoms in total. The second-order valence-corrected chi connectivity index (χ2v) is 6.10. The fraction of sp³-hybridized carbons (Fsp3) is 0.143. The topological polar surface area (TPSA) is 42.4 Å². The van der Waals surface area contributed by atoms with Crippen molar-refractivity contribution in [3.63, 3.8) is 0 Å². The summed E-state index contributed by atoms with van der Waals surface area (Å²) < 4.78 is 5.90. The molecule has 25 heavy (non-hydrogen) atoms. The molecule has 1 aliphatic rings. The van der Waals surface area contributed by atoms with Crippen molar-refractivity contribution < 1.29 is 9.53 Å². The number of nitrogens with zero attached hydrogens (tertiary/aromatic N) is 2. The fourth-order valence-corrected chi connectivity index (χ4v) is 2.99. The van der Waals surface area contributed by atoms with E-state index in [1.807, 2.05) is 71.8 Å². The van der Waals surface area contributed by atoms with Crippen molar-refractivity contribution in [2.45, 2.75) is 5.92 Å². The summed E-state index contributed by atoms with van der Waals surface area (Å²) in [6.45, 7) is 1.42. The third-order valence-electron chi connectivity index (χ3n) is 4.41. The average molecular weight is 330 g/mol. The van der Waals surface area contributed by atoms with Gasteiger partial charge in [0.05, 0.1) is 5.56 Å². The van der Waals surface area contributed by atoms with Gasteiger partial charge in [0.1, 0.15) is 11.5 Å². The number of benzene rings is 2. The molecule has 0 radical (unpaired) electrons. The Kier molecular flexibility index (Phi) is 4.17. The van der Waals surface area contributed by atoms with Crippen LogP contribution < -0.4 is 4.74 Å². The van der Waals surface area contributed by atoms with Crippen LogP contribution in [0.15, 0.2) is 79.1 Å². The maximum Gasteiger partial charge on any atom is 0.257 e. The molecule has 0 spiro atoms. The van der Waals surface area contributed by atoms with E-state index >= 15 is 0 Å². The zero-order chi connectivity index (χ0) is 17.1. The van der Waals surface area contributed by atoms with Gasteiger partial charge in [0.25, 0.3) is 5.91 Å². The highest BCUT2D eigenvalue weighted by Crippen LogP contribution is 2.31. The first-order chi connectivity index (χ1) is 12.3. The maximum atomic E-state index is 12.8. The summed E-state index contributed by atoms with van der Waals surface area (Å²) in [5.74, 6) is 1.68. The quantitative estimate of drug-likeness (QED) is 0.723. The molecule has 124 valence electrons. The Hall–Kier alpha value is -3.14. The van der Waals surface area contributed by atoms with E-state index in [2.05, 4.69) is 11.1 Å². The van der Waals surface area contributed by atoms with Crippen LogP contribution in [0.1, 0.15) is 21.8 Å². The van der Waals surface area contributed by atoms with Crippen LogP contribution in [0.3, 0.4) is 0 Å². The zero-order valence-corrected chi connectivity index (χ0v) is 13.7. The highest BCUT2D eigenvalue weighted by atomic mass is 16.5. The van der Waals surface area contributed by atoms with Gasteiger partial charge in [-0.05, 0) is 35.9 Å². The van der Waals surface area contributed by atoms with Gasteiger partial charge in [-0.1, -0.05) is 36.4 Å². The number of amides is 1. The normalized spacial score (nSPS) is 14.0. The second-order valence-electron chi connectivity index (χ2n) is 6.10. The molecule has 2 aromatic carbocycles. The summed E-state index contributed by atoms with van der Waals surface area (Å²) >= 11 is 0. The van der Waals surface area contributed by atoms with Gasteiger partial charge in [-0.3, -0.25) is 9.78 Å². The molecular formula is C21H18N2O2. The summed E-state index contributed by atoms with van der Waals surface area (Å²) in [4.78, 5) is 18.9. The van der Waals surface area contributed by atoms with E-state index in [0.29, 0.717) is 30.3 Å². The van der Waals surface area contributed by atoms with Crippen LogP contribution >= 0.6 is 0 Å². The summed E-state index contributed by atoms with van der Waals surface area (Å²) in [7, 11) is 0. The third kappa shape index (κ3) is 3.24. The third-order valence-corrected chi connectivity index (χ3v) is 4.41. The Morgan fingerprint density at radius 1 is 0.960 bits per heavy atom. The number of carbonyl (C=O) groups is 1. The molecule has 0 saturated carbocycles. The minimum atomic E-state index is 0.00618. The van der Waals surface area contributed by atoms with Crippen LogP contribution in [-0.2, 0) is 0 Å². The van der Waals surface area contributed by atoms with E-state index in [-0.39, 0.29) is 5.91 Å². The lowest BCUT2D eigenvalue weighted by Gasteiger charge is -2.39. The van der Waals surface area contributed by atoms with Crippen molar-refractivity contribution in [2.75, 3.05) is 13.1 Å². The highest BCUT2D eigenvalue weighted by Gasteiger charge is 2.33. The van der Waals surface area contributed by atoms with Crippen molar-refractivity contribution >= 4 is 5.91 Å². The molecule has 1 fully saturated rings. The molecule has 4 heteroatoms. The molecule has 1 saturated heterocycles. The number of hydrogen-bond donors (Lipinski definition) is 0. The zero-order valence-electron chi connectivity index (χ0n) is 13.7. The smallest absolute Gasteiger partial charge is 0.257 e. The van der Waals surface area contributed by atoms with Gasteiger partial charge in [-0.2, -0.15) is 0 Å². The SMILES string of the molecule is O=C(c1ccccc1Oc1ccccc1)N1CC(c2cccnc2)C1. The van der Waals surface area contributed by atoms with Gasteiger partial charge in [-0.15, -0.1) is 0 Å². The van der Waals surface area contributed by atoms with Crippen LogP contribution in [0.2, 0.25) is 0 Å². The minimum Gasteiger partial charge on any atom is -0.457 e. The van der Waals surface area contributed by atoms with Crippen molar-refractivity contribution in [2.24, 2.45) is 0 Å². The van der Waals surface area contributed by atoms with E-state index in [0.717, 1.165) is 5.75 Å². The van der Waals surface area contributed by atoms with E-state index < -0.39 is 0 Å². The molecule has 0 N–H and O–H groups in total. The number of aromatic nitrogens is 1. The lowest BCUT2D eigenvalue weighted by molar-refractivity contribution is 0.0599. The fourth-order valence-electron chi connectivity index (χ4n) is 2.99. The second kappa shape index (κ2) is 6.77. The van der Waals surface area contributed by atoms with E-state index in [1.54, 1.807) is 6.20 Å². The standard InChI is InChI=1S/C21H18N2O2/c24-21(23-14-17(15-23)16-7-6-12-22-13-16)19-10-4-5-11-20(19)25-18-8-2-1-3-9-18/h1-13,17H,14-15H2. The Balaban J connectivity index is 1.48. The van der Waals surface area contributed by atoms with E-state index in [9.17, 15) is 4.79 Å². The van der Waals surface area contributed by atoms with Crippen LogP contribution in [-0.4, -0.2) is 28.9 Å². The number of ether oxygens (including phenoxy) is 1. The average Bonchev–Trinajstić information content (AvgIpc) is 2.63. The summed E-state index contributed by atoms with van der Waals surface area (Å²) in [5.41, 5.74) is 1.77. The lowest BCUT2D eigenvalue weighted by Crippen LogP contribution is -2.48. The first-order valence-electron chi connectivity index (χ1n) is 8.32. The Bertz CT molecular complexity index is 859. The van der Waals surface area contributed by atoms with Crippen molar-refractivity contribution in [3.8, 4) is 11.5 Å². The number of rotatable bonds is 4.